The monoisotopic (exact) mass is 844 g/mol. The molecule has 0 aromatic carbocycles. The molecule has 60 heavy (non-hydrogen) atoms. The summed E-state index contributed by atoms with van der Waals surface area (Å²) in [5.74, 6) is 2.59. The molecule has 4 fully saturated rings. The molecule has 0 aromatic rings. The van der Waals surface area contributed by atoms with Crippen molar-refractivity contribution in [3.63, 3.8) is 0 Å². The fourth-order valence-corrected chi connectivity index (χ4v) is 9.90. The second kappa shape index (κ2) is 27.0. The molecule has 0 aromatic heterocycles. The number of hydrogen-bond donors (Lipinski definition) is 3. The summed E-state index contributed by atoms with van der Waals surface area (Å²) in [6, 6.07) is 0.606. The highest BCUT2D eigenvalue weighted by molar-refractivity contribution is 5.83. The minimum atomic E-state index is 0.0108. The second-order valence-corrected chi connectivity index (χ2v) is 20.0. The minimum Gasteiger partial charge on any atom is -0.381 e. The fourth-order valence-electron chi connectivity index (χ4n) is 9.90. The van der Waals surface area contributed by atoms with E-state index in [-0.39, 0.29) is 77.6 Å². The van der Waals surface area contributed by atoms with Gasteiger partial charge in [-0.3, -0.25) is 24.0 Å². The van der Waals surface area contributed by atoms with Crippen LogP contribution in [0, 0.1) is 41.4 Å². The van der Waals surface area contributed by atoms with Gasteiger partial charge in [0.2, 0.25) is 17.7 Å². The van der Waals surface area contributed by atoms with Crippen LogP contribution < -0.4 is 16.0 Å². The molecule has 2 atom stereocenters. The molecule has 3 N–H and O–H groups in total. The summed E-state index contributed by atoms with van der Waals surface area (Å²) in [5.41, 5.74) is 0. The Bertz CT molecular complexity index is 1290. The molecule has 4 aliphatic carbocycles. The summed E-state index contributed by atoms with van der Waals surface area (Å²) in [6.45, 7) is 14.7. The van der Waals surface area contributed by atoms with Crippen molar-refractivity contribution in [2.45, 2.75) is 213 Å². The Labute approximate surface area is 363 Å². The van der Waals surface area contributed by atoms with Gasteiger partial charge in [-0.05, 0) is 147 Å². The molecule has 0 aliphatic heterocycles. The Kier molecular flexibility index (Phi) is 22.6. The summed E-state index contributed by atoms with van der Waals surface area (Å²) in [6.07, 6.45) is 19.9. The van der Waals surface area contributed by atoms with Gasteiger partial charge in [-0.15, -0.1) is 0 Å². The SMILES string of the molecule is CC(CCC(C)C(=O)C1CCC(NC(=O)CCCOC2CCC(NC(=O)C(C)C)CC2)CC1)OCC1CCC(COCCCC(=O)NC2CCC(C(=O)C(C)C)CC2)CC1. The Morgan fingerprint density at radius 2 is 1.00 bits per heavy atom. The number of ketones is 2. The highest BCUT2D eigenvalue weighted by Gasteiger charge is 2.31. The average Bonchev–Trinajstić information content (AvgIpc) is 3.24. The normalized spacial score (nSPS) is 28.5. The van der Waals surface area contributed by atoms with Gasteiger partial charge < -0.3 is 30.2 Å². The maximum absolute atomic E-state index is 13.3. The van der Waals surface area contributed by atoms with Crippen molar-refractivity contribution in [1.82, 2.24) is 16.0 Å². The number of ether oxygens (including phenoxy) is 3. The third-order valence-electron chi connectivity index (χ3n) is 14.1. The van der Waals surface area contributed by atoms with Crippen LogP contribution in [0.25, 0.3) is 0 Å². The van der Waals surface area contributed by atoms with E-state index in [1.807, 2.05) is 27.7 Å². The predicted molar refractivity (Wildman–Crippen MR) is 236 cm³/mol. The van der Waals surface area contributed by atoms with E-state index in [1.165, 1.54) is 0 Å². The lowest BCUT2D eigenvalue weighted by atomic mass is 9.79. The molecule has 4 aliphatic rings. The zero-order valence-electron chi connectivity index (χ0n) is 38.6. The smallest absolute Gasteiger partial charge is 0.222 e. The number of rotatable bonds is 25. The number of carbonyl (C=O) groups is 5. The van der Waals surface area contributed by atoms with Gasteiger partial charge in [-0.1, -0.05) is 34.6 Å². The molecule has 0 bridgehead atoms. The molecule has 0 spiro atoms. The van der Waals surface area contributed by atoms with Crippen LogP contribution >= 0.6 is 0 Å². The molecule has 3 amide bonds. The maximum atomic E-state index is 13.3. The molecule has 0 saturated heterocycles. The molecular weight excluding hydrogens is 759 g/mol. The van der Waals surface area contributed by atoms with Crippen LogP contribution in [0.2, 0.25) is 0 Å². The Morgan fingerprint density at radius 3 is 1.53 bits per heavy atom. The predicted octanol–water partition coefficient (Wildman–Crippen LogP) is 8.44. The third kappa shape index (κ3) is 18.5. The lowest BCUT2D eigenvalue weighted by molar-refractivity contribution is -0.128. The van der Waals surface area contributed by atoms with E-state index < -0.39 is 0 Å². The van der Waals surface area contributed by atoms with Crippen LogP contribution in [0.3, 0.4) is 0 Å². The van der Waals surface area contributed by atoms with Gasteiger partial charge >= 0.3 is 0 Å². The first kappa shape index (κ1) is 50.3. The highest BCUT2D eigenvalue weighted by atomic mass is 16.5. The lowest BCUT2D eigenvalue weighted by Gasteiger charge is -2.30. The van der Waals surface area contributed by atoms with Gasteiger partial charge in [0, 0.05) is 87.0 Å². The zero-order valence-corrected chi connectivity index (χ0v) is 38.6. The molecule has 0 radical (unpaired) electrons. The summed E-state index contributed by atoms with van der Waals surface area (Å²) >= 11 is 0. The summed E-state index contributed by atoms with van der Waals surface area (Å²) in [4.78, 5) is 62.7. The quantitative estimate of drug-likeness (QED) is 0.0776. The van der Waals surface area contributed by atoms with Crippen molar-refractivity contribution in [1.29, 1.82) is 0 Å². The van der Waals surface area contributed by atoms with Crippen LogP contribution in [0.15, 0.2) is 0 Å². The standard InChI is InChI=1S/C49H85N3O8/c1-33(2)47(55)39-17-21-41(22-18-39)50-45(53)9-7-29-58-31-37-13-15-38(16-14-37)32-60-36(6)12-11-35(5)48(56)40-19-23-42(24-20-40)51-46(54)10-8-30-59-44-27-25-43(26-28-44)52-49(57)34(3)4/h33-44H,7-32H2,1-6H3,(H,50,53)(H,51,54)(H,52,57). The van der Waals surface area contributed by atoms with Crippen molar-refractivity contribution < 1.29 is 38.2 Å². The summed E-state index contributed by atoms with van der Waals surface area (Å²) in [7, 11) is 0. The van der Waals surface area contributed by atoms with Gasteiger partial charge in [0.1, 0.15) is 11.6 Å². The fraction of sp³-hybridized carbons (Fsp3) is 0.898. The first-order valence-corrected chi connectivity index (χ1v) is 24.5. The van der Waals surface area contributed by atoms with Gasteiger partial charge in [0.15, 0.2) is 0 Å². The van der Waals surface area contributed by atoms with E-state index in [2.05, 4.69) is 29.8 Å². The van der Waals surface area contributed by atoms with Gasteiger partial charge in [0.25, 0.3) is 0 Å². The number of carbonyl (C=O) groups excluding carboxylic acids is 5. The second-order valence-electron chi connectivity index (χ2n) is 20.0. The van der Waals surface area contributed by atoms with E-state index in [0.29, 0.717) is 55.9 Å². The average molecular weight is 844 g/mol. The first-order chi connectivity index (χ1) is 28.8. The Balaban J connectivity index is 0.945. The van der Waals surface area contributed by atoms with Crippen LogP contribution in [-0.4, -0.2) is 86.0 Å². The lowest BCUT2D eigenvalue weighted by Crippen LogP contribution is -2.41. The van der Waals surface area contributed by atoms with E-state index in [9.17, 15) is 24.0 Å². The van der Waals surface area contributed by atoms with Gasteiger partial charge in [0.05, 0.1) is 12.2 Å². The van der Waals surface area contributed by atoms with E-state index in [0.717, 1.165) is 135 Å². The van der Waals surface area contributed by atoms with Crippen molar-refractivity contribution in [3.8, 4) is 0 Å². The molecular formula is C49H85N3O8. The van der Waals surface area contributed by atoms with Crippen LogP contribution in [0.5, 0.6) is 0 Å². The number of amides is 3. The summed E-state index contributed by atoms with van der Waals surface area (Å²) in [5, 5.41) is 9.51. The van der Waals surface area contributed by atoms with Crippen LogP contribution in [0.4, 0.5) is 0 Å². The molecule has 4 saturated carbocycles. The molecule has 2 unspecified atom stereocenters. The van der Waals surface area contributed by atoms with Gasteiger partial charge in [-0.25, -0.2) is 0 Å². The molecule has 4 rings (SSSR count). The topological polar surface area (TPSA) is 149 Å². The number of nitrogens with one attached hydrogen (secondary N) is 3. The minimum absolute atomic E-state index is 0.0108. The Morgan fingerprint density at radius 1 is 0.517 bits per heavy atom. The molecule has 0 heterocycles. The van der Waals surface area contributed by atoms with E-state index in [4.69, 9.17) is 14.2 Å². The Hall–Kier alpha value is -2.37. The highest BCUT2D eigenvalue weighted by Crippen LogP contribution is 2.32. The van der Waals surface area contributed by atoms with Gasteiger partial charge in [-0.2, -0.15) is 0 Å². The van der Waals surface area contributed by atoms with Crippen molar-refractivity contribution in [2.75, 3.05) is 26.4 Å². The molecule has 11 nitrogen and oxygen atoms in total. The number of hydrogen-bond acceptors (Lipinski definition) is 8. The largest absolute Gasteiger partial charge is 0.381 e. The maximum Gasteiger partial charge on any atom is 0.222 e. The molecule has 11 heteroatoms. The van der Waals surface area contributed by atoms with Crippen LogP contribution in [0.1, 0.15) is 183 Å². The third-order valence-corrected chi connectivity index (χ3v) is 14.1. The summed E-state index contributed by atoms with van der Waals surface area (Å²) < 4.78 is 18.3. The van der Waals surface area contributed by atoms with E-state index >= 15 is 0 Å². The van der Waals surface area contributed by atoms with E-state index in [1.54, 1.807) is 0 Å². The zero-order chi connectivity index (χ0) is 43.4. The molecule has 344 valence electrons. The van der Waals surface area contributed by atoms with Crippen LogP contribution in [-0.2, 0) is 38.2 Å². The number of Topliss-reactive ketones (excluding diaryl/α,β-unsaturated/α-hetero) is 2. The first-order valence-electron chi connectivity index (χ1n) is 24.5. The van der Waals surface area contributed by atoms with Crippen molar-refractivity contribution >= 4 is 29.3 Å². The van der Waals surface area contributed by atoms with Crippen molar-refractivity contribution in [3.05, 3.63) is 0 Å². The van der Waals surface area contributed by atoms with Crippen molar-refractivity contribution in [2.24, 2.45) is 41.4 Å².